The third kappa shape index (κ3) is 3.59. The lowest BCUT2D eigenvalue weighted by atomic mass is 10.1. The van der Waals surface area contributed by atoms with E-state index in [0.29, 0.717) is 5.70 Å². The van der Waals surface area contributed by atoms with Crippen LogP contribution in [-0.2, 0) is 16.0 Å². The summed E-state index contributed by atoms with van der Waals surface area (Å²) in [7, 11) is 0. The molecule has 1 saturated heterocycles. The molecule has 0 spiro atoms. The second-order valence-corrected chi connectivity index (χ2v) is 7.60. The Kier molecular flexibility index (Phi) is 5.57. The highest BCUT2D eigenvalue weighted by Crippen LogP contribution is 2.30. The van der Waals surface area contributed by atoms with Gasteiger partial charge >= 0.3 is 6.03 Å². The maximum absolute atomic E-state index is 12.9. The molecule has 0 aliphatic carbocycles. The molecular weight excluding hydrogens is 364 g/mol. The predicted octanol–water partition coefficient (Wildman–Crippen LogP) is 2.63. The van der Waals surface area contributed by atoms with Gasteiger partial charge in [-0.3, -0.25) is 19.4 Å². The zero-order chi connectivity index (χ0) is 19.7. The molecule has 1 aromatic carbocycles. The van der Waals surface area contributed by atoms with E-state index in [-0.39, 0.29) is 24.4 Å². The van der Waals surface area contributed by atoms with Gasteiger partial charge in [0.2, 0.25) is 5.91 Å². The smallest absolute Gasteiger partial charge is 0.324 e. The van der Waals surface area contributed by atoms with Crippen molar-refractivity contribution < 1.29 is 14.4 Å². The minimum Gasteiger partial charge on any atom is -0.324 e. The van der Waals surface area contributed by atoms with E-state index in [1.165, 1.54) is 21.7 Å². The fourth-order valence-electron chi connectivity index (χ4n) is 3.32. The van der Waals surface area contributed by atoms with Gasteiger partial charge in [-0.05, 0) is 38.3 Å². The summed E-state index contributed by atoms with van der Waals surface area (Å²) in [5.74, 6) is -0.572. The van der Waals surface area contributed by atoms with Crippen molar-refractivity contribution >= 4 is 35.5 Å². The van der Waals surface area contributed by atoms with E-state index in [0.717, 1.165) is 23.2 Å². The van der Waals surface area contributed by atoms with Crippen LogP contribution in [0.4, 0.5) is 10.5 Å². The molecule has 0 aromatic heterocycles. The molecule has 3 rings (SSSR count). The van der Waals surface area contributed by atoms with E-state index < -0.39 is 12.1 Å². The SMILES string of the molecule is CCc1cccc(C)c1NC(=O)CN1C(=O)N(C(C)C)C(=O)C2NSC=C21. The van der Waals surface area contributed by atoms with Gasteiger partial charge in [0.1, 0.15) is 12.6 Å². The van der Waals surface area contributed by atoms with E-state index in [1.54, 1.807) is 19.3 Å². The second kappa shape index (κ2) is 7.74. The van der Waals surface area contributed by atoms with Gasteiger partial charge in [0, 0.05) is 17.1 Å². The Morgan fingerprint density at radius 3 is 2.74 bits per heavy atom. The monoisotopic (exact) mass is 388 g/mol. The normalized spacial score (nSPS) is 19.4. The minimum absolute atomic E-state index is 0.141. The first-order chi connectivity index (χ1) is 12.8. The number of fused-ring (bicyclic) bond motifs is 1. The standard InChI is InChI=1S/C19H24N4O3S/c1-5-13-8-6-7-12(4)16(13)20-15(24)9-22-14-10-27-21-17(14)18(25)23(11(2)3)19(22)26/h6-8,10-11,17,21H,5,9H2,1-4H3,(H,20,24). The number of urea groups is 1. The highest BCUT2D eigenvalue weighted by Gasteiger charge is 2.46. The molecule has 0 saturated carbocycles. The molecular formula is C19H24N4O3S. The van der Waals surface area contributed by atoms with Crippen molar-refractivity contribution in [3.63, 3.8) is 0 Å². The van der Waals surface area contributed by atoms with Crippen LogP contribution in [0.15, 0.2) is 29.3 Å². The molecule has 0 bridgehead atoms. The van der Waals surface area contributed by atoms with E-state index in [1.807, 2.05) is 32.0 Å². The Labute approximate surface area is 163 Å². The van der Waals surface area contributed by atoms with Crippen molar-refractivity contribution in [3.8, 4) is 0 Å². The highest BCUT2D eigenvalue weighted by molar-refractivity contribution is 8.00. The summed E-state index contributed by atoms with van der Waals surface area (Å²) < 4.78 is 3.00. The number of amides is 4. The Morgan fingerprint density at radius 2 is 2.07 bits per heavy atom. The third-order valence-electron chi connectivity index (χ3n) is 4.72. The number of imide groups is 1. The number of carbonyl (C=O) groups is 3. The van der Waals surface area contributed by atoms with Crippen LogP contribution in [0.5, 0.6) is 0 Å². The first-order valence-electron chi connectivity index (χ1n) is 8.99. The molecule has 7 nitrogen and oxygen atoms in total. The zero-order valence-electron chi connectivity index (χ0n) is 15.9. The number of hydrogen-bond acceptors (Lipinski definition) is 5. The van der Waals surface area contributed by atoms with Crippen LogP contribution in [-0.4, -0.2) is 46.3 Å². The molecule has 2 aliphatic rings. The summed E-state index contributed by atoms with van der Waals surface area (Å²) in [5, 5.41) is 4.66. The quantitative estimate of drug-likeness (QED) is 0.758. The molecule has 0 radical (unpaired) electrons. The maximum atomic E-state index is 12.9. The topological polar surface area (TPSA) is 81.8 Å². The van der Waals surface area contributed by atoms with Crippen LogP contribution >= 0.6 is 11.9 Å². The lowest BCUT2D eigenvalue weighted by molar-refractivity contribution is -0.133. The molecule has 1 aromatic rings. The fraction of sp³-hybridized carbons (Fsp3) is 0.421. The second-order valence-electron chi connectivity index (χ2n) is 6.89. The Bertz CT molecular complexity index is 821. The maximum Gasteiger partial charge on any atom is 0.331 e. The molecule has 1 fully saturated rings. The Hall–Kier alpha value is -2.32. The van der Waals surface area contributed by atoms with Crippen molar-refractivity contribution in [1.82, 2.24) is 14.5 Å². The van der Waals surface area contributed by atoms with Crippen LogP contribution in [0.3, 0.4) is 0 Å². The molecule has 4 amide bonds. The number of benzene rings is 1. The van der Waals surface area contributed by atoms with Crippen molar-refractivity contribution in [2.24, 2.45) is 0 Å². The number of para-hydroxylation sites is 1. The van der Waals surface area contributed by atoms with Gasteiger partial charge in [-0.2, -0.15) is 0 Å². The largest absolute Gasteiger partial charge is 0.331 e. The number of nitrogens with one attached hydrogen (secondary N) is 2. The summed E-state index contributed by atoms with van der Waals surface area (Å²) in [4.78, 5) is 40.8. The van der Waals surface area contributed by atoms with Gasteiger partial charge in [0.25, 0.3) is 5.91 Å². The molecule has 1 atom stereocenters. The number of carbonyl (C=O) groups excluding carboxylic acids is 3. The number of anilines is 1. The van der Waals surface area contributed by atoms with Crippen LogP contribution < -0.4 is 10.0 Å². The van der Waals surface area contributed by atoms with Gasteiger partial charge in [-0.1, -0.05) is 37.1 Å². The first kappa shape index (κ1) is 19.4. The molecule has 1 unspecified atom stereocenters. The van der Waals surface area contributed by atoms with Crippen molar-refractivity contribution in [2.45, 2.75) is 46.2 Å². The average Bonchev–Trinajstić information content (AvgIpc) is 3.10. The van der Waals surface area contributed by atoms with Crippen molar-refractivity contribution in [1.29, 1.82) is 0 Å². The molecule has 2 aliphatic heterocycles. The van der Waals surface area contributed by atoms with Crippen molar-refractivity contribution in [2.75, 3.05) is 11.9 Å². The minimum atomic E-state index is -0.604. The number of aryl methyl sites for hydroxylation is 2. The van der Waals surface area contributed by atoms with Crippen molar-refractivity contribution in [3.05, 3.63) is 40.4 Å². The molecule has 2 N–H and O–H groups in total. The summed E-state index contributed by atoms with van der Waals surface area (Å²) in [6.45, 7) is 7.40. The number of nitrogens with zero attached hydrogens (tertiary/aromatic N) is 2. The Morgan fingerprint density at radius 1 is 1.33 bits per heavy atom. The summed E-state index contributed by atoms with van der Waals surface area (Å²) in [6, 6.07) is 4.53. The van der Waals surface area contributed by atoms with Crippen LogP contribution in [0.1, 0.15) is 31.9 Å². The highest BCUT2D eigenvalue weighted by atomic mass is 32.2. The fourth-order valence-corrected chi connectivity index (χ4v) is 4.13. The Balaban J connectivity index is 1.82. The third-order valence-corrected chi connectivity index (χ3v) is 5.45. The number of hydrogen-bond donors (Lipinski definition) is 2. The van der Waals surface area contributed by atoms with Crippen LogP contribution in [0.25, 0.3) is 0 Å². The average molecular weight is 388 g/mol. The van der Waals surface area contributed by atoms with Gasteiger partial charge in [-0.15, -0.1) is 0 Å². The molecule has 27 heavy (non-hydrogen) atoms. The van der Waals surface area contributed by atoms with Crippen LogP contribution in [0.2, 0.25) is 0 Å². The molecule has 144 valence electrons. The van der Waals surface area contributed by atoms with E-state index >= 15 is 0 Å². The predicted molar refractivity (Wildman–Crippen MR) is 106 cm³/mol. The van der Waals surface area contributed by atoms with Gasteiger partial charge < -0.3 is 5.32 Å². The lowest BCUT2D eigenvalue weighted by Crippen LogP contribution is -2.62. The molecule has 2 heterocycles. The van der Waals surface area contributed by atoms with Gasteiger partial charge in [0.05, 0.1) is 5.70 Å². The lowest BCUT2D eigenvalue weighted by Gasteiger charge is -2.39. The summed E-state index contributed by atoms with van der Waals surface area (Å²) in [6.07, 6.45) is 0.795. The van der Waals surface area contributed by atoms with Gasteiger partial charge in [-0.25, -0.2) is 9.52 Å². The summed E-state index contributed by atoms with van der Waals surface area (Å²) in [5.41, 5.74) is 3.34. The number of rotatable bonds is 5. The van der Waals surface area contributed by atoms with E-state index in [2.05, 4.69) is 10.0 Å². The first-order valence-corrected chi connectivity index (χ1v) is 9.87. The zero-order valence-corrected chi connectivity index (χ0v) is 16.7. The summed E-state index contributed by atoms with van der Waals surface area (Å²) >= 11 is 1.26. The molecule has 8 heteroatoms. The van der Waals surface area contributed by atoms with E-state index in [4.69, 9.17) is 0 Å². The van der Waals surface area contributed by atoms with E-state index in [9.17, 15) is 14.4 Å². The van der Waals surface area contributed by atoms with Gasteiger partial charge in [0.15, 0.2) is 0 Å². The van der Waals surface area contributed by atoms with Crippen LogP contribution in [0, 0.1) is 6.92 Å².